The van der Waals surface area contributed by atoms with Crippen LogP contribution in [0.5, 0.6) is 0 Å². The van der Waals surface area contributed by atoms with E-state index in [0.29, 0.717) is 12.3 Å². The number of aryl methyl sites for hydroxylation is 1. The molecule has 4 rings (SSSR count). The van der Waals surface area contributed by atoms with Gasteiger partial charge in [0.05, 0.1) is 23.9 Å². The van der Waals surface area contributed by atoms with Gasteiger partial charge in [-0.15, -0.1) is 0 Å². The maximum atomic E-state index is 12.2. The van der Waals surface area contributed by atoms with Crippen molar-refractivity contribution in [3.8, 4) is 0 Å². The summed E-state index contributed by atoms with van der Waals surface area (Å²) in [4.78, 5) is 14.5. The zero-order valence-corrected chi connectivity index (χ0v) is 13.9. The monoisotopic (exact) mass is 329 g/mol. The summed E-state index contributed by atoms with van der Waals surface area (Å²) < 4.78 is 7.16. The topological polar surface area (TPSA) is 76.2 Å². The quantitative estimate of drug-likeness (QED) is 0.872. The molecule has 24 heavy (non-hydrogen) atoms. The minimum atomic E-state index is 0.0657. The molecule has 0 saturated heterocycles. The zero-order valence-electron chi connectivity index (χ0n) is 13.9. The minimum absolute atomic E-state index is 0.0657. The number of aromatic nitrogens is 3. The van der Waals surface area contributed by atoms with Crippen LogP contribution >= 0.6 is 0 Å². The van der Waals surface area contributed by atoms with Crippen LogP contribution < -0.4 is 5.32 Å². The van der Waals surface area contributed by atoms with Crippen molar-refractivity contribution in [2.45, 2.75) is 45.3 Å². The normalized spacial score (nSPS) is 20.8. The Morgan fingerprint density at radius 3 is 3.08 bits per heavy atom. The predicted molar refractivity (Wildman–Crippen MR) is 87.0 cm³/mol. The minimum Gasteiger partial charge on any atom is -0.361 e. The molecule has 0 radical (unpaired) electrons. The van der Waals surface area contributed by atoms with E-state index >= 15 is 0 Å². The molecule has 0 aromatic carbocycles. The number of nitrogens with zero attached hydrogens (tertiary/aromatic N) is 4. The third-order valence-corrected chi connectivity index (χ3v) is 4.72. The van der Waals surface area contributed by atoms with E-state index in [1.807, 2.05) is 29.9 Å². The molecule has 1 N–H and O–H groups in total. The first-order valence-electron chi connectivity index (χ1n) is 8.61. The molecule has 128 valence electrons. The molecule has 2 aromatic heterocycles. The zero-order chi connectivity index (χ0) is 16.5. The third-order valence-electron chi connectivity index (χ3n) is 4.72. The number of hydrogen-bond acceptors (Lipinski definition) is 5. The van der Waals surface area contributed by atoms with Crippen molar-refractivity contribution in [3.05, 3.63) is 35.5 Å². The van der Waals surface area contributed by atoms with Gasteiger partial charge in [0, 0.05) is 38.4 Å². The highest BCUT2D eigenvalue weighted by Gasteiger charge is 2.28. The number of fused-ring (bicyclic) bond motifs is 1. The Morgan fingerprint density at radius 1 is 1.46 bits per heavy atom. The van der Waals surface area contributed by atoms with Gasteiger partial charge in [0.2, 0.25) is 5.91 Å². The van der Waals surface area contributed by atoms with Crippen LogP contribution in [0.1, 0.15) is 42.5 Å². The molecule has 1 fully saturated rings. The van der Waals surface area contributed by atoms with Crippen molar-refractivity contribution in [1.29, 1.82) is 0 Å². The lowest BCUT2D eigenvalue weighted by Gasteiger charge is -2.33. The smallest absolute Gasteiger partial charge is 0.222 e. The molecule has 0 bridgehead atoms. The first-order chi connectivity index (χ1) is 11.7. The van der Waals surface area contributed by atoms with E-state index in [-0.39, 0.29) is 11.9 Å². The molecule has 7 heteroatoms. The summed E-state index contributed by atoms with van der Waals surface area (Å²) in [6.07, 6.45) is 4.78. The highest BCUT2D eigenvalue weighted by atomic mass is 16.5. The summed E-state index contributed by atoms with van der Waals surface area (Å²) in [5, 5.41) is 11.6. The summed E-state index contributed by atoms with van der Waals surface area (Å²) in [6, 6.07) is 4.05. The lowest BCUT2D eigenvalue weighted by molar-refractivity contribution is -0.122. The van der Waals surface area contributed by atoms with E-state index in [0.717, 1.165) is 43.3 Å². The highest BCUT2D eigenvalue weighted by molar-refractivity contribution is 5.76. The van der Waals surface area contributed by atoms with Gasteiger partial charge in [-0.2, -0.15) is 5.10 Å². The van der Waals surface area contributed by atoms with Crippen LogP contribution in [-0.2, 0) is 17.9 Å². The van der Waals surface area contributed by atoms with Gasteiger partial charge in [-0.1, -0.05) is 5.16 Å². The molecular weight excluding hydrogens is 306 g/mol. The van der Waals surface area contributed by atoms with Crippen molar-refractivity contribution in [2.24, 2.45) is 5.92 Å². The van der Waals surface area contributed by atoms with Crippen LogP contribution in [0, 0.1) is 12.8 Å². The number of carbonyl (C=O) groups is 1. The lowest BCUT2D eigenvalue weighted by Crippen LogP contribution is -2.40. The molecule has 1 aliphatic carbocycles. The Bertz CT molecular complexity index is 718. The van der Waals surface area contributed by atoms with Crippen LogP contribution in [0.2, 0.25) is 0 Å². The van der Waals surface area contributed by atoms with E-state index in [9.17, 15) is 4.79 Å². The van der Waals surface area contributed by atoms with E-state index < -0.39 is 0 Å². The van der Waals surface area contributed by atoms with Crippen molar-refractivity contribution in [1.82, 2.24) is 25.2 Å². The second-order valence-electron chi connectivity index (χ2n) is 6.97. The van der Waals surface area contributed by atoms with E-state index in [4.69, 9.17) is 4.52 Å². The van der Waals surface area contributed by atoms with Gasteiger partial charge >= 0.3 is 0 Å². The van der Waals surface area contributed by atoms with Crippen molar-refractivity contribution in [2.75, 3.05) is 13.1 Å². The van der Waals surface area contributed by atoms with Crippen LogP contribution in [0.3, 0.4) is 0 Å². The van der Waals surface area contributed by atoms with Crippen molar-refractivity contribution < 1.29 is 9.32 Å². The van der Waals surface area contributed by atoms with Crippen molar-refractivity contribution >= 4 is 5.91 Å². The molecule has 1 aliphatic heterocycles. The van der Waals surface area contributed by atoms with Crippen LogP contribution in [0.15, 0.2) is 22.9 Å². The summed E-state index contributed by atoms with van der Waals surface area (Å²) in [5.74, 6) is 1.64. The first kappa shape index (κ1) is 15.4. The summed E-state index contributed by atoms with van der Waals surface area (Å²) in [6.45, 7) is 5.04. The summed E-state index contributed by atoms with van der Waals surface area (Å²) in [7, 11) is 0. The predicted octanol–water partition coefficient (Wildman–Crippen LogP) is 1.65. The summed E-state index contributed by atoms with van der Waals surface area (Å²) in [5.41, 5.74) is 2.07. The summed E-state index contributed by atoms with van der Waals surface area (Å²) >= 11 is 0. The van der Waals surface area contributed by atoms with Gasteiger partial charge in [0.1, 0.15) is 5.76 Å². The standard InChI is InChI=1S/C17H23N5O2/c1-12-6-14(20-24-12)9-21-10-15-4-5-19-22(15)16(11-21)7-17(23)18-8-13-2-3-13/h4-6,13,16H,2-3,7-11H2,1H3,(H,18,23). The van der Waals surface area contributed by atoms with E-state index in [2.05, 4.69) is 20.5 Å². The molecule has 2 aliphatic rings. The Kier molecular flexibility index (Phi) is 4.10. The molecule has 1 amide bonds. The van der Waals surface area contributed by atoms with Gasteiger partial charge in [-0.3, -0.25) is 14.4 Å². The Balaban J connectivity index is 1.41. The Morgan fingerprint density at radius 2 is 2.33 bits per heavy atom. The number of hydrogen-bond donors (Lipinski definition) is 1. The van der Waals surface area contributed by atoms with Crippen LogP contribution in [-0.4, -0.2) is 38.8 Å². The Labute approximate surface area is 141 Å². The second kappa shape index (κ2) is 6.39. The average Bonchev–Trinajstić information content (AvgIpc) is 3.11. The first-order valence-corrected chi connectivity index (χ1v) is 8.61. The molecule has 7 nitrogen and oxygen atoms in total. The lowest BCUT2D eigenvalue weighted by atomic mass is 10.1. The molecular formula is C17H23N5O2. The number of carbonyl (C=O) groups excluding carboxylic acids is 1. The third kappa shape index (κ3) is 3.51. The molecule has 1 unspecified atom stereocenters. The number of amides is 1. The van der Waals surface area contributed by atoms with Gasteiger partial charge in [-0.25, -0.2) is 0 Å². The molecule has 1 atom stereocenters. The SMILES string of the molecule is Cc1cc(CN2Cc3ccnn3C(CC(=O)NCC3CC3)C2)no1. The van der Waals surface area contributed by atoms with Gasteiger partial charge < -0.3 is 9.84 Å². The van der Waals surface area contributed by atoms with Gasteiger partial charge in [0.15, 0.2) is 0 Å². The molecule has 0 spiro atoms. The maximum Gasteiger partial charge on any atom is 0.222 e. The average molecular weight is 329 g/mol. The maximum absolute atomic E-state index is 12.2. The van der Waals surface area contributed by atoms with Crippen molar-refractivity contribution in [3.63, 3.8) is 0 Å². The van der Waals surface area contributed by atoms with E-state index in [1.54, 1.807) is 0 Å². The molecule has 1 saturated carbocycles. The fourth-order valence-electron chi connectivity index (χ4n) is 3.32. The Hall–Kier alpha value is -2.15. The number of nitrogens with one attached hydrogen (secondary N) is 1. The fourth-order valence-corrected chi connectivity index (χ4v) is 3.32. The van der Waals surface area contributed by atoms with E-state index in [1.165, 1.54) is 12.8 Å². The van der Waals surface area contributed by atoms with Crippen LogP contribution in [0.25, 0.3) is 0 Å². The van der Waals surface area contributed by atoms with Gasteiger partial charge in [-0.05, 0) is 31.7 Å². The van der Waals surface area contributed by atoms with Crippen LogP contribution in [0.4, 0.5) is 0 Å². The largest absolute Gasteiger partial charge is 0.361 e. The highest BCUT2D eigenvalue weighted by Crippen LogP contribution is 2.28. The van der Waals surface area contributed by atoms with Gasteiger partial charge in [0.25, 0.3) is 0 Å². The fraction of sp³-hybridized carbons (Fsp3) is 0.588. The molecule has 2 aromatic rings. The number of rotatable bonds is 6. The second-order valence-corrected chi connectivity index (χ2v) is 6.97. The molecule has 3 heterocycles.